The molecule has 0 bridgehead atoms. The standard InChI is InChI=1S/C9H10N2O2/c12-5-4-7-6-2-1-3-8(13)9(6)11-10-7/h1-3,12-13H,4-5H2,(H,10,11). The van der Waals surface area contributed by atoms with Crippen molar-refractivity contribution in [2.45, 2.75) is 6.42 Å². The van der Waals surface area contributed by atoms with Gasteiger partial charge in [0.25, 0.3) is 0 Å². The van der Waals surface area contributed by atoms with E-state index in [2.05, 4.69) is 10.2 Å². The number of rotatable bonds is 2. The quantitative estimate of drug-likeness (QED) is 0.637. The predicted octanol–water partition coefficient (Wildman–Crippen LogP) is 0.803. The maximum atomic E-state index is 9.41. The Labute approximate surface area is 74.8 Å². The van der Waals surface area contributed by atoms with Crippen LogP contribution in [0.1, 0.15) is 5.69 Å². The Kier molecular flexibility index (Phi) is 1.90. The highest BCUT2D eigenvalue weighted by atomic mass is 16.3. The van der Waals surface area contributed by atoms with E-state index >= 15 is 0 Å². The van der Waals surface area contributed by atoms with Gasteiger partial charge in [0.1, 0.15) is 11.3 Å². The third-order valence-electron chi connectivity index (χ3n) is 2.00. The zero-order chi connectivity index (χ0) is 9.26. The molecular weight excluding hydrogens is 168 g/mol. The van der Waals surface area contributed by atoms with Gasteiger partial charge < -0.3 is 10.2 Å². The summed E-state index contributed by atoms with van der Waals surface area (Å²) in [5.74, 6) is 0.165. The summed E-state index contributed by atoms with van der Waals surface area (Å²) in [6, 6.07) is 5.21. The molecule has 0 spiro atoms. The Morgan fingerprint density at radius 3 is 3.00 bits per heavy atom. The van der Waals surface area contributed by atoms with Crippen molar-refractivity contribution in [3.63, 3.8) is 0 Å². The number of H-pyrrole nitrogens is 1. The van der Waals surface area contributed by atoms with Crippen molar-refractivity contribution in [3.05, 3.63) is 23.9 Å². The molecule has 1 aromatic carbocycles. The van der Waals surface area contributed by atoms with Crippen LogP contribution in [0.4, 0.5) is 0 Å². The molecule has 0 aliphatic carbocycles. The largest absolute Gasteiger partial charge is 0.506 e. The summed E-state index contributed by atoms with van der Waals surface area (Å²) in [5.41, 5.74) is 1.42. The molecular formula is C9H10N2O2. The molecule has 0 fully saturated rings. The number of aliphatic hydroxyl groups is 1. The minimum Gasteiger partial charge on any atom is -0.506 e. The average molecular weight is 178 g/mol. The number of hydrogen-bond acceptors (Lipinski definition) is 3. The van der Waals surface area contributed by atoms with Crippen LogP contribution < -0.4 is 0 Å². The molecule has 4 heteroatoms. The molecule has 0 saturated carbocycles. The van der Waals surface area contributed by atoms with Gasteiger partial charge in [0, 0.05) is 24.1 Å². The van der Waals surface area contributed by atoms with Crippen LogP contribution in [0.3, 0.4) is 0 Å². The maximum Gasteiger partial charge on any atom is 0.143 e. The van der Waals surface area contributed by atoms with Gasteiger partial charge in [0.05, 0.1) is 0 Å². The van der Waals surface area contributed by atoms with Gasteiger partial charge >= 0.3 is 0 Å². The highest BCUT2D eigenvalue weighted by Gasteiger charge is 2.06. The lowest BCUT2D eigenvalue weighted by Gasteiger charge is -1.94. The fraction of sp³-hybridized carbons (Fsp3) is 0.222. The number of aliphatic hydroxyl groups excluding tert-OH is 1. The molecule has 0 saturated heterocycles. The van der Waals surface area contributed by atoms with Crippen LogP contribution in [-0.2, 0) is 6.42 Å². The highest BCUT2D eigenvalue weighted by molar-refractivity contribution is 5.86. The number of nitrogens with one attached hydrogen (secondary N) is 1. The number of benzene rings is 1. The minimum atomic E-state index is 0.0763. The van der Waals surface area contributed by atoms with Crippen LogP contribution in [0.25, 0.3) is 10.9 Å². The van der Waals surface area contributed by atoms with Gasteiger partial charge in [-0.25, -0.2) is 0 Å². The molecule has 13 heavy (non-hydrogen) atoms. The zero-order valence-corrected chi connectivity index (χ0v) is 6.99. The molecule has 0 radical (unpaired) electrons. The van der Waals surface area contributed by atoms with E-state index in [1.54, 1.807) is 12.1 Å². The monoisotopic (exact) mass is 178 g/mol. The summed E-state index contributed by atoms with van der Waals surface area (Å²) >= 11 is 0. The van der Waals surface area contributed by atoms with Crippen molar-refractivity contribution in [1.82, 2.24) is 10.2 Å². The third-order valence-corrected chi connectivity index (χ3v) is 2.00. The van der Waals surface area contributed by atoms with Crippen LogP contribution in [0.5, 0.6) is 5.75 Å². The van der Waals surface area contributed by atoms with Gasteiger partial charge in [-0.15, -0.1) is 0 Å². The molecule has 2 rings (SSSR count). The van der Waals surface area contributed by atoms with Gasteiger partial charge in [0.2, 0.25) is 0 Å². The molecule has 0 atom stereocenters. The molecule has 0 aliphatic rings. The maximum absolute atomic E-state index is 9.41. The van der Waals surface area contributed by atoms with Crippen molar-refractivity contribution < 1.29 is 10.2 Å². The molecule has 1 heterocycles. The van der Waals surface area contributed by atoms with E-state index in [1.165, 1.54) is 0 Å². The van der Waals surface area contributed by atoms with E-state index in [4.69, 9.17) is 5.11 Å². The fourth-order valence-electron chi connectivity index (χ4n) is 1.38. The molecule has 3 N–H and O–H groups in total. The van der Waals surface area contributed by atoms with E-state index in [0.717, 1.165) is 11.1 Å². The second-order valence-electron chi connectivity index (χ2n) is 2.85. The Hall–Kier alpha value is -1.55. The Morgan fingerprint density at radius 2 is 2.23 bits per heavy atom. The van der Waals surface area contributed by atoms with E-state index in [9.17, 15) is 5.11 Å². The molecule has 4 nitrogen and oxygen atoms in total. The Balaban J connectivity index is 2.61. The first-order valence-corrected chi connectivity index (χ1v) is 4.08. The van der Waals surface area contributed by atoms with Gasteiger partial charge in [-0.05, 0) is 6.07 Å². The lowest BCUT2D eigenvalue weighted by Crippen LogP contribution is -1.90. The van der Waals surface area contributed by atoms with E-state index in [-0.39, 0.29) is 12.4 Å². The fourth-order valence-corrected chi connectivity index (χ4v) is 1.38. The summed E-state index contributed by atoms with van der Waals surface area (Å²) in [7, 11) is 0. The average Bonchev–Trinajstić information content (AvgIpc) is 2.51. The van der Waals surface area contributed by atoms with Crippen LogP contribution in [0, 0.1) is 0 Å². The second kappa shape index (κ2) is 3.06. The Bertz CT molecular complexity index is 422. The van der Waals surface area contributed by atoms with Crippen molar-refractivity contribution in [1.29, 1.82) is 0 Å². The van der Waals surface area contributed by atoms with Crippen molar-refractivity contribution in [3.8, 4) is 5.75 Å². The number of para-hydroxylation sites is 1. The van der Waals surface area contributed by atoms with Gasteiger partial charge in [-0.2, -0.15) is 5.10 Å². The van der Waals surface area contributed by atoms with Crippen LogP contribution >= 0.6 is 0 Å². The van der Waals surface area contributed by atoms with Gasteiger partial charge in [-0.1, -0.05) is 12.1 Å². The number of phenolic OH excluding ortho intramolecular Hbond substituents is 1. The SMILES string of the molecule is OCCc1[nH]nc2c(O)cccc12. The van der Waals surface area contributed by atoms with Crippen molar-refractivity contribution in [2.75, 3.05) is 6.61 Å². The number of hydrogen-bond donors (Lipinski definition) is 3. The topological polar surface area (TPSA) is 69.1 Å². The number of aromatic hydroxyl groups is 1. The van der Waals surface area contributed by atoms with Crippen LogP contribution in [0.2, 0.25) is 0 Å². The second-order valence-corrected chi connectivity index (χ2v) is 2.85. The summed E-state index contributed by atoms with van der Waals surface area (Å²) < 4.78 is 0. The van der Waals surface area contributed by atoms with E-state index in [0.29, 0.717) is 11.9 Å². The lowest BCUT2D eigenvalue weighted by molar-refractivity contribution is 0.298. The van der Waals surface area contributed by atoms with Crippen LogP contribution in [-0.4, -0.2) is 27.0 Å². The summed E-state index contributed by atoms with van der Waals surface area (Å²) in [6.07, 6.45) is 0.528. The Morgan fingerprint density at radius 1 is 1.38 bits per heavy atom. The molecule has 2 aromatic rings. The molecule has 0 amide bonds. The molecule has 0 aliphatic heterocycles. The zero-order valence-electron chi connectivity index (χ0n) is 6.99. The summed E-state index contributed by atoms with van der Waals surface area (Å²) in [5, 5.41) is 25.8. The van der Waals surface area contributed by atoms with E-state index in [1.807, 2.05) is 6.07 Å². The predicted molar refractivity (Wildman–Crippen MR) is 48.5 cm³/mol. The third kappa shape index (κ3) is 1.25. The van der Waals surface area contributed by atoms with Gasteiger partial charge in [0.15, 0.2) is 0 Å². The smallest absolute Gasteiger partial charge is 0.143 e. The number of aromatic nitrogens is 2. The first kappa shape index (κ1) is 8.07. The molecule has 0 unspecified atom stereocenters. The number of aromatic amines is 1. The van der Waals surface area contributed by atoms with Crippen molar-refractivity contribution in [2.24, 2.45) is 0 Å². The lowest BCUT2D eigenvalue weighted by atomic mass is 10.1. The molecule has 1 aromatic heterocycles. The first-order chi connectivity index (χ1) is 6.33. The number of phenols is 1. The molecule has 68 valence electrons. The normalized spacial score (nSPS) is 10.8. The minimum absolute atomic E-state index is 0.0763. The summed E-state index contributed by atoms with van der Waals surface area (Å²) in [4.78, 5) is 0. The van der Waals surface area contributed by atoms with E-state index < -0.39 is 0 Å². The van der Waals surface area contributed by atoms with Crippen LogP contribution in [0.15, 0.2) is 18.2 Å². The number of nitrogens with zero attached hydrogens (tertiary/aromatic N) is 1. The van der Waals surface area contributed by atoms with Gasteiger partial charge in [-0.3, -0.25) is 5.10 Å². The highest BCUT2D eigenvalue weighted by Crippen LogP contribution is 2.24. The first-order valence-electron chi connectivity index (χ1n) is 4.08. The van der Waals surface area contributed by atoms with Crippen molar-refractivity contribution >= 4 is 10.9 Å². The summed E-state index contributed by atoms with van der Waals surface area (Å²) in [6.45, 7) is 0.0763. The number of fused-ring (bicyclic) bond motifs is 1.